The summed E-state index contributed by atoms with van der Waals surface area (Å²) in [5.41, 5.74) is 0.0795. The first-order valence-corrected chi connectivity index (χ1v) is 9.28. The van der Waals surface area contributed by atoms with E-state index in [0.717, 1.165) is 11.8 Å². The highest BCUT2D eigenvalue weighted by atomic mass is 32.2. The van der Waals surface area contributed by atoms with Crippen LogP contribution < -0.4 is 0 Å². The summed E-state index contributed by atoms with van der Waals surface area (Å²) in [6, 6.07) is 6.42. The first-order chi connectivity index (χ1) is 10.1. The summed E-state index contributed by atoms with van der Waals surface area (Å²) in [4.78, 5) is 14.4. The molecule has 5 nitrogen and oxygen atoms in total. The van der Waals surface area contributed by atoms with Gasteiger partial charge in [-0.1, -0.05) is 19.1 Å². The lowest BCUT2D eigenvalue weighted by atomic mass is 9.84. The van der Waals surface area contributed by atoms with Crippen molar-refractivity contribution in [1.29, 1.82) is 0 Å². The van der Waals surface area contributed by atoms with Crippen LogP contribution in [0.2, 0.25) is 0 Å². The standard InChI is InChI=1S/C16H23NO4S/c1-12-11-17(9-8-16(12,2)19)15(18)10-13-4-6-14(7-5-13)22(3,20)21/h4-7,12,19H,8-11H2,1-3H3/t12-,16+/m1/s1. The van der Waals surface area contributed by atoms with E-state index >= 15 is 0 Å². The molecular weight excluding hydrogens is 302 g/mol. The van der Waals surface area contributed by atoms with Crippen molar-refractivity contribution in [2.45, 2.75) is 37.2 Å². The zero-order valence-electron chi connectivity index (χ0n) is 13.2. The fraction of sp³-hybridized carbons (Fsp3) is 0.562. The Bertz CT molecular complexity index is 649. The number of hydrogen-bond acceptors (Lipinski definition) is 4. The maximum atomic E-state index is 12.3. The molecule has 0 radical (unpaired) electrons. The number of rotatable bonds is 3. The molecule has 0 bridgehead atoms. The predicted molar refractivity (Wildman–Crippen MR) is 84.2 cm³/mol. The topological polar surface area (TPSA) is 74.7 Å². The second-order valence-electron chi connectivity index (χ2n) is 6.44. The number of carbonyl (C=O) groups is 1. The molecule has 0 spiro atoms. The van der Waals surface area contributed by atoms with Crippen molar-refractivity contribution in [3.05, 3.63) is 29.8 Å². The first kappa shape index (κ1) is 17.0. The molecule has 0 aliphatic carbocycles. The summed E-state index contributed by atoms with van der Waals surface area (Å²) in [5, 5.41) is 10.1. The van der Waals surface area contributed by atoms with Crippen molar-refractivity contribution in [2.24, 2.45) is 5.92 Å². The average Bonchev–Trinajstić information content (AvgIpc) is 2.41. The molecule has 1 fully saturated rings. The van der Waals surface area contributed by atoms with Crippen molar-refractivity contribution in [3.8, 4) is 0 Å². The smallest absolute Gasteiger partial charge is 0.227 e. The minimum atomic E-state index is -3.21. The molecule has 1 aliphatic heterocycles. The zero-order chi connectivity index (χ0) is 16.5. The molecule has 1 aromatic rings. The number of amides is 1. The Hall–Kier alpha value is -1.40. The fourth-order valence-electron chi connectivity index (χ4n) is 2.59. The van der Waals surface area contributed by atoms with E-state index < -0.39 is 15.4 Å². The van der Waals surface area contributed by atoms with Crippen LogP contribution in [-0.2, 0) is 21.1 Å². The number of likely N-dealkylation sites (tertiary alicyclic amines) is 1. The van der Waals surface area contributed by atoms with Gasteiger partial charge >= 0.3 is 0 Å². The van der Waals surface area contributed by atoms with Gasteiger partial charge in [-0.15, -0.1) is 0 Å². The molecule has 0 aromatic heterocycles. The van der Waals surface area contributed by atoms with E-state index in [1.54, 1.807) is 17.0 Å². The summed E-state index contributed by atoms with van der Waals surface area (Å²) in [6.07, 6.45) is 1.99. The van der Waals surface area contributed by atoms with Crippen molar-refractivity contribution in [2.75, 3.05) is 19.3 Å². The first-order valence-electron chi connectivity index (χ1n) is 7.39. The van der Waals surface area contributed by atoms with Gasteiger partial charge in [0, 0.05) is 25.3 Å². The molecule has 1 saturated heterocycles. The van der Waals surface area contributed by atoms with Crippen LogP contribution in [0.15, 0.2) is 29.2 Å². The molecule has 22 heavy (non-hydrogen) atoms. The van der Waals surface area contributed by atoms with Crippen LogP contribution in [0.1, 0.15) is 25.8 Å². The highest BCUT2D eigenvalue weighted by Gasteiger charge is 2.35. The summed E-state index contributed by atoms with van der Waals surface area (Å²) >= 11 is 0. The lowest BCUT2D eigenvalue weighted by molar-refractivity contribution is -0.137. The molecule has 1 aliphatic rings. The van der Waals surface area contributed by atoms with Gasteiger partial charge in [0.15, 0.2) is 9.84 Å². The van der Waals surface area contributed by atoms with Gasteiger partial charge < -0.3 is 10.0 Å². The van der Waals surface area contributed by atoms with Crippen molar-refractivity contribution < 1.29 is 18.3 Å². The number of benzene rings is 1. The van der Waals surface area contributed by atoms with Gasteiger partial charge in [-0.25, -0.2) is 8.42 Å². The average molecular weight is 325 g/mol. The third-order valence-electron chi connectivity index (χ3n) is 4.50. The third-order valence-corrected chi connectivity index (χ3v) is 5.63. The Morgan fingerprint density at radius 2 is 1.95 bits per heavy atom. The van der Waals surface area contributed by atoms with E-state index in [-0.39, 0.29) is 23.1 Å². The predicted octanol–water partition coefficient (Wildman–Crippen LogP) is 1.25. The van der Waals surface area contributed by atoms with E-state index in [4.69, 9.17) is 0 Å². The Morgan fingerprint density at radius 3 is 2.45 bits per heavy atom. The van der Waals surface area contributed by atoms with E-state index in [9.17, 15) is 18.3 Å². The summed E-state index contributed by atoms with van der Waals surface area (Å²) < 4.78 is 22.8. The Labute approximate surface area is 131 Å². The van der Waals surface area contributed by atoms with Crippen LogP contribution in [0, 0.1) is 5.92 Å². The van der Waals surface area contributed by atoms with Crippen LogP contribution in [0.5, 0.6) is 0 Å². The van der Waals surface area contributed by atoms with Gasteiger partial charge in [0.2, 0.25) is 5.91 Å². The fourth-order valence-corrected chi connectivity index (χ4v) is 3.22. The molecule has 0 unspecified atom stereocenters. The van der Waals surface area contributed by atoms with Gasteiger partial charge in [-0.2, -0.15) is 0 Å². The molecule has 1 aromatic carbocycles. The monoisotopic (exact) mass is 325 g/mol. The lowest BCUT2D eigenvalue weighted by Gasteiger charge is -2.41. The second kappa shape index (κ2) is 6.01. The Kier molecular flexibility index (Phi) is 4.63. The van der Waals surface area contributed by atoms with E-state index in [2.05, 4.69) is 0 Å². The van der Waals surface area contributed by atoms with Crippen molar-refractivity contribution in [3.63, 3.8) is 0 Å². The minimum absolute atomic E-state index is 0.00876. The molecule has 0 saturated carbocycles. The SMILES string of the molecule is C[C@@H]1CN(C(=O)Cc2ccc(S(C)(=O)=O)cc2)CC[C@]1(C)O. The van der Waals surface area contributed by atoms with E-state index in [1.807, 2.05) is 13.8 Å². The van der Waals surface area contributed by atoms with Gasteiger partial charge in [0.1, 0.15) is 0 Å². The Balaban J connectivity index is 2.01. The Morgan fingerprint density at radius 1 is 1.36 bits per heavy atom. The van der Waals surface area contributed by atoms with Gasteiger partial charge in [-0.05, 0) is 31.0 Å². The van der Waals surface area contributed by atoms with Crippen molar-refractivity contribution in [1.82, 2.24) is 4.90 Å². The number of hydrogen-bond donors (Lipinski definition) is 1. The highest BCUT2D eigenvalue weighted by Crippen LogP contribution is 2.27. The molecule has 1 N–H and O–H groups in total. The maximum Gasteiger partial charge on any atom is 0.227 e. The van der Waals surface area contributed by atoms with Crippen LogP contribution in [-0.4, -0.2) is 49.3 Å². The van der Waals surface area contributed by atoms with E-state index in [0.29, 0.717) is 19.5 Å². The van der Waals surface area contributed by atoms with Crippen LogP contribution in [0.25, 0.3) is 0 Å². The molecule has 2 rings (SSSR count). The quantitative estimate of drug-likeness (QED) is 0.908. The van der Waals surface area contributed by atoms with Crippen molar-refractivity contribution >= 4 is 15.7 Å². The number of nitrogens with zero attached hydrogens (tertiary/aromatic N) is 1. The molecule has 2 atom stereocenters. The molecule has 6 heteroatoms. The number of piperidine rings is 1. The van der Waals surface area contributed by atoms with Crippen LogP contribution >= 0.6 is 0 Å². The summed E-state index contributed by atoms with van der Waals surface area (Å²) in [5.74, 6) is 0.0484. The molecule has 122 valence electrons. The van der Waals surface area contributed by atoms with E-state index in [1.165, 1.54) is 12.1 Å². The number of sulfone groups is 1. The lowest BCUT2D eigenvalue weighted by Crippen LogP contribution is -2.51. The molecule has 1 amide bonds. The minimum Gasteiger partial charge on any atom is -0.390 e. The van der Waals surface area contributed by atoms with Gasteiger partial charge in [0.25, 0.3) is 0 Å². The van der Waals surface area contributed by atoms with Gasteiger partial charge in [-0.3, -0.25) is 4.79 Å². The molecular formula is C16H23NO4S. The number of aliphatic hydroxyl groups is 1. The van der Waals surface area contributed by atoms with Crippen LogP contribution in [0.4, 0.5) is 0 Å². The summed E-state index contributed by atoms with van der Waals surface area (Å²) in [7, 11) is -3.21. The second-order valence-corrected chi connectivity index (χ2v) is 8.46. The normalized spacial score (nSPS) is 26.0. The summed E-state index contributed by atoms with van der Waals surface area (Å²) in [6.45, 7) is 4.86. The molecule has 1 heterocycles. The maximum absolute atomic E-state index is 12.3. The third kappa shape index (κ3) is 3.87. The van der Waals surface area contributed by atoms with Gasteiger partial charge in [0.05, 0.1) is 16.9 Å². The number of carbonyl (C=O) groups excluding carboxylic acids is 1. The zero-order valence-corrected chi connectivity index (χ0v) is 14.1. The highest BCUT2D eigenvalue weighted by molar-refractivity contribution is 7.90. The van der Waals surface area contributed by atoms with Crippen LogP contribution in [0.3, 0.4) is 0 Å². The largest absolute Gasteiger partial charge is 0.390 e.